The molecule has 2 N–H and O–H groups in total. The summed E-state index contributed by atoms with van der Waals surface area (Å²) >= 11 is 0. The molecule has 0 aliphatic carbocycles. The van der Waals surface area contributed by atoms with Crippen LogP contribution in [0, 0.1) is 0 Å². The van der Waals surface area contributed by atoms with Crippen molar-refractivity contribution in [2.45, 2.75) is 13.0 Å². The van der Waals surface area contributed by atoms with Gasteiger partial charge in [0.25, 0.3) is 5.91 Å². The van der Waals surface area contributed by atoms with E-state index in [0.717, 1.165) is 0 Å². The second kappa shape index (κ2) is 5.48. The first kappa shape index (κ1) is 13.0. The van der Waals surface area contributed by atoms with Crippen molar-refractivity contribution in [3.8, 4) is 11.5 Å². The molecule has 0 aliphatic heterocycles. The smallest absolute Gasteiger partial charge is 0.252 e. The van der Waals surface area contributed by atoms with Crippen molar-refractivity contribution in [1.29, 1.82) is 0 Å². The number of rotatable bonds is 4. The summed E-state index contributed by atoms with van der Waals surface area (Å²) in [4.78, 5) is 12.0. The molecule has 0 aliphatic rings. The zero-order valence-corrected chi connectivity index (χ0v) is 10.7. The van der Waals surface area contributed by atoms with Crippen molar-refractivity contribution < 1.29 is 19.1 Å². The molecule has 19 heavy (non-hydrogen) atoms. The fourth-order valence-corrected chi connectivity index (χ4v) is 1.72. The lowest BCUT2D eigenvalue weighted by molar-refractivity contribution is 0.0935. The Kier molecular flexibility index (Phi) is 3.75. The number of hydrogen-bond donors (Lipinski definition) is 2. The summed E-state index contributed by atoms with van der Waals surface area (Å²) in [6.07, 6.45) is 1.55. The molecule has 0 saturated carbocycles. The van der Waals surface area contributed by atoms with Crippen molar-refractivity contribution in [3.05, 3.63) is 47.9 Å². The van der Waals surface area contributed by atoms with Crippen LogP contribution in [0.15, 0.2) is 41.0 Å². The summed E-state index contributed by atoms with van der Waals surface area (Å²) in [6.45, 7) is 1.82. The zero-order valence-electron chi connectivity index (χ0n) is 10.7. The van der Waals surface area contributed by atoms with Crippen molar-refractivity contribution in [3.63, 3.8) is 0 Å². The Hall–Kier alpha value is -2.43. The fraction of sp³-hybridized carbons (Fsp3) is 0.214. The molecule has 0 saturated heterocycles. The molecule has 1 unspecified atom stereocenters. The Morgan fingerprint density at radius 2 is 2.21 bits per heavy atom. The molecule has 0 bridgehead atoms. The number of phenols is 1. The van der Waals surface area contributed by atoms with E-state index >= 15 is 0 Å². The van der Waals surface area contributed by atoms with Gasteiger partial charge in [-0.15, -0.1) is 0 Å². The molecule has 0 spiro atoms. The normalized spacial score (nSPS) is 11.9. The molecule has 1 amide bonds. The monoisotopic (exact) mass is 261 g/mol. The van der Waals surface area contributed by atoms with Gasteiger partial charge >= 0.3 is 0 Å². The number of phenolic OH excluding ortho intramolecular Hbond substituents is 1. The highest BCUT2D eigenvalue weighted by Crippen LogP contribution is 2.26. The minimum atomic E-state index is -0.290. The lowest BCUT2D eigenvalue weighted by Crippen LogP contribution is -2.26. The molecule has 0 fully saturated rings. The first-order chi connectivity index (χ1) is 9.11. The Balaban J connectivity index is 2.10. The number of aromatic hydroxyl groups is 1. The van der Waals surface area contributed by atoms with E-state index in [4.69, 9.17) is 9.15 Å². The van der Waals surface area contributed by atoms with Gasteiger partial charge in [0.2, 0.25) is 0 Å². The zero-order chi connectivity index (χ0) is 13.8. The number of amides is 1. The second-order valence-corrected chi connectivity index (χ2v) is 4.10. The van der Waals surface area contributed by atoms with E-state index in [0.29, 0.717) is 17.1 Å². The average molecular weight is 261 g/mol. The van der Waals surface area contributed by atoms with Gasteiger partial charge in [-0.3, -0.25) is 4.79 Å². The number of methoxy groups -OCH3 is 1. The van der Waals surface area contributed by atoms with Gasteiger partial charge in [0.05, 0.1) is 19.4 Å². The van der Waals surface area contributed by atoms with E-state index in [-0.39, 0.29) is 17.7 Å². The van der Waals surface area contributed by atoms with Gasteiger partial charge < -0.3 is 19.6 Å². The molecule has 1 aromatic carbocycles. The minimum Gasteiger partial charge on any atom is -0.504 e. The van der Waals surface area contributed by atoms with E-state index in [9.17, 15) is 9.90 Å². The maximum absolute atomic E-state index is 12.0. The first-order valence-corrected chi connectivity index (χ1v) is 5.83. The summed E-state index contributed by atoms with van der Waals surface area (Å²) < 4.78 is 10.1. The van der Waals surface area contributed by atoms with Gasteiger partial charge in [0.15, 0.2) is 11.5 Å². The molecule has 100 valence electrons. The number of ether oxygens (including phenoxy) is 1. The SMILES string of the molecule is COc1ccc(C(=O)NC(C)c2ccco2)cc1O. The van der Waals surface area contributed by atoms with E-state index in [1.165, 1.54) is 13.2 Å². The minimum absolute atomic E-state index is 0.0687. The second-order valence-electron chi connectivity index (χ2n) is 4.10. The van der Waals surface area contributed by atoms with Crippen LogP contribution in [0.4, 0.5) is 0 Å². The third-order valence-corrected chi connectivity index (χ3v) is 2.76. The number of carbonyl (C=O) groups is 1. The molecule has 1 heterocycles. The number of carbonyl (C=O) groups excluding carboxylic acids is 1. The number of nitrogens with one attached hydrogen (secondary N) is 1. The average Bonchev–Trinajstić information content (AvgIpc) is 2.92. The lowest BCUT2D eigenvalue weighted by atomic mass is 10.1. The van der Waals surface area contributed by atoms with E-state index in [1.807, 2.05) is 6.92 Å². The highest BCUT2D eigenvalue weighted by Gasteiger charge is 2.14. The standard InChI is InChI=1S/C14H15NO4/c1-9(12-4-3-7-19-12)15-14(17)10-5-6-13(18-2)11(16)8-10/h3-9,16H,1-2H3,(H,15,17). The Morgan fingerprint density at radius 3 is 2.79 bits per heavy atom. The number of furan rings is 1. The molecular weight excluding hydrogens is 246 g/mol. The fourth-order valence-electron chi connectivity index (χ4n) is 1.72. The molecule has 1 aromatic heterocycles. The largest absolute Gasteiger partial charge is 0.504 e. The van der Waals surface area contributed by atoms with Crippen LogP contribution < -0.4 is 10.1 Å². The van der Waals surface area contributed by atoms with Crippen LogP contribution in [0.1, 0.15) is 29.1 Å². The molecule has 1 atom stereocenters. The Bertz CT molecular complexity index is 563. The van der Waals surface area contributed by atoms with Crippen LogP contribution in [-0.2, 0) is 0 Å². The summed E-state index contributed by atoms with van der Waals surface area (Å²) in [5, 5.41) is 12.4. The molecular formula is C14H15NO4. The van der Waals surface area contributed by atoms with Gasteiger partial charge in [0.1, 0.15) is 5.76 Å². The van der Waals surface area contributed by atoms with E-state index in [2.05, 4.69) is 5.32 Å². The van der Waals surface area contributed by atoms with E-state index < -0.39 is 0 Å². The lowest BCUT2D eigenvalue weighted by Gasteiger charge is -2.12. The summed E-state index contributed by atoms with van der Waals surface area (Å²) in [7, 11) is 1.45. The first-order valence-electron chi connectivity index (χ1n) is 5.83. The number of hydrogen-bond acceptors (Lipinski definition) is 4. The molecule has 5 heteroatoms. The highest BCUT2D eigenvalue weighted by atomic mass is 16.5. The summed E-state index contributed by atoms with van der Waals surface area (Å²) in [5.74, 6) is 0.643. The molecule has 2 aromatic rings. The summed E-state index contributed by atoms with van der Waals surface area (Å²) in [6, 6.07) is 7.80. The predicted octanol–water partition coefficient (Wildman–Crippen LogP) is 2.48. The number of benzene rings is 1. The summed E-state index contributed by atoms with van der Waals surface area (Å²) in [5.41, 5.74) is 0.358. The highest BCUT2D eigenvalue weighted by molar-refractivity contribution is 5.95. The van der Waals surface area contributed by atoms with Gasteiger partial charge in [-0.1, -0.05) is 0 Å². The van der Waals surface area contributed by atoms with Crippen LogP contribution in [-0.4, -0.2) is 18.1 Å². The van der Waals surface area contributed by atoms with Crippen molar-refractivity contribution in [2.75, 3.05) is 7.11 Å². The van der Waals surface area contributed by atoms with Crippen LogP contribution in [0.25, 0.3) is 0 Å². The quantitative estimate of drug-likeness (QED) is 0.887. The third-order valence-electron chi connectivity index (χ3n) is 2.76. The van der Waals surface area contributed by atoms with Gasteiger partial charge in [-0.05, 0) is 37.3 Å². The van der Waals surface area contributed by atoms with Gasteiger partial charge in [-0.2, -0.15) is 0 Å². The predicted molar refractivity (Wildman–Crippen MR) is 69.2 cm³/mol. The van der Waals surface area contributed by atoms with Crippen LogP contribution in [0.2, 0.25) is 0 Å². The Morgan fingerprint density at radius 1 is 1.42 bits per heavy atom. The third kappa shape index (κ3) is 2.88. The molecule has 5 nitrogen and oxygen atoms in total. The van der Waals surface area contributed by atoms with Crippen molar-refractivity contribution in [2.24, 2.45) is 0 Å². The topological polar surface area (TPSA) is 71.7 Å². The van der Waals surface area contributed by atoms with Gasteiger partial charge in [0, 0.05) is 5.56 Å². The van der Waals surface area contributed by atoms with Crippen molar-refractivity contribution >= 4 is 5.91 Å². The molecule has 2 rings (SSSR count). The molecule has 0 radical (unpaired) electrons. The van der Waals surface area contributed by atoms with Gasteiger partial charge in [-0.25, -0.2) is 0 Å². The van der Waals surface area contributed by atoms with Crippen LogP contribution in [0.3, 0.4) is 0 Å². The maximum Gasteiger partial charge on any atom is 0.252 e. The van der Waals surface area contributed by atoms with Crippen LogP contribution >= 0.6 is 0 Å². The van der Waals surface area contributed by atoms with E-state index in [1.54, 1.807) is 30.5 Å². The van der Waals surface area contributed by atoms with Crippen molar-refractivity contribution in [1.82, 2.24) is 5.32 Å². The maximum atomic E-state index is 12.0. The van der Waals surface area contributed by atoms with Crippen LogP contribution in [0.5, 0.6) is 11.5 Å². The Labute approximate surface area is 110 Å².